The van der Waals surface area contributed by atoms with Gasteiger partial charge in [-0.25, -0.2) is 4.98 Å². The van der Waals surface area contributed by atoms with Crippen LogP contribution in [0.3, 0.4) is 0 Å². The molecular formula is C31H36BrN3O2. The fourth-order valence-electron chi connectivity index (χ4n) is 4.23. The molecule has 1 aromatic heterocycles. The summed E-state index contributed by atoms with van der Waals surface area (Å²) < 4.78 is 15.2. The van der Waals surface area contributed by atoms with E-state index in [2.05, 4.69) is 76.6 Å². The first-order valence-corrected chi connectivity index (χ1v) is 14.0. The van der Waals surface area contributed by atoms with Crippen LogP contribution in [0.4, 0.5) is 0 Å². The lowest BCUT2D eigenvalue weighted by Gasteiger charge is -2.17. The topological polar surface area (TPSA) is 39.5 Å². The lowest BCUT2D eigenvalue weighted by atomic mass is 10.1. The minimum Gasteiger partial charge on any atom is -0.494 e. The molecule has 4 rings (SSSR count). The van der Waals surface area contributed by atoms with Crippen LogP contribution in [0.5, 0.6) is 17.2 Å². The van der Waals surface area contributed by atoms with Gasteiger partial charge in [0.1, 0.15) is 23.1 Å². The van der Waals surface area contributed by atoms with E-state index in [1.54, 1.807) is 0 Å². The van der Waals surface area contributed by atoms with Gasteiger partial charge in [-0.05, 0) is 98.7 Å². The van der Waals surface area contributed by atoms with Crippen molar-refractivity contribution in [2.24, 2.45) is 0 Å². The fraction of sp³-hybridized carbons (Fsp3) is 0.323. The number of benzene rings is 3. The van der Waals surface area contributed by atoms with Gasteiger partial charge in [-0.3, -0.25) is 0 Å². The zero-order chi connectivity index (χ0) is 26.0. The summed E-state index contributed by atoms with van der Waals surface area (Å²) in [7, 11) is 0. The molecule has 0 amide bonds. The Labute approximate surface area is 229 Å². The molecule has 0 radical (unpaired) electrons. The van der Waals surface area contributed by atoms with Crippen molar-refractivity contribution in [1.29, 1.82) is 0 Å². The molecule has 0 saturated carbocycles. The summed E-state index contributed by atoms with van der Waals surface area (Å²) in [5, 5.41) is 0. The largest absolute Gasteiger partial charge is 0.494 e. The molecule has 0 atom stereocenters. The summed E-state index contributed by atoms with van der Waals surface area (Å²) in [4.78, 5) is 7.39. The van der Waals surface area contributed by atoms with E-state index in [0.29, 0.717) is 0 Å². The van der Waals surface area contributed by atoms with Gasteiger partial charge in [-0.1, -0.05) is 36.7 Å². The minimum absolute atomic E-state index is 0.729. The van der Waals surface area contributed by atoms with Gasteiger partial charge in [0.05, 0.1) is 12.3 Å². The molecule has 194 valence electrons. The summed E-state index contributed by atoms with van der Waals surface area (Å²) in [6.45, 7) is 10.5. The van der Waals surface area contributed by atoms with E-state index in [1.165, 1.54) is 0 Å². The van der Waals surface area contributed by atoms with Crippen LogP contribution < -0.4 is 9.47 Å². The number of hydrogen-bond donors (Lipinski definition) is 0. The van der Waals surface area contributed by atoms with E-state index in [-0.39, 0.29) is 0 Å². The van der Waals surface area contributed by atoms with E-state index in [9.17, 15) is 0 Å². The molecule has 37 heavy (non-hydrogen) atoms. The average Bonchev–Trinajstić information content (AvgIpc) is 3.35. The zero-order valence-electron chi connectivity index (χ0n) is 22.0. The molecule has 0 aliphatic heterocycles. The van der Waals surface area contributed by atoms with Crippen LogP contribution in [-0.4, -0.2) is 40.7 Å². The lowest BCUT2D eigenvalue weighted by molar-refractivity contribution is 0.249. The highest BCUT2D eigenvalue weighted by Crippen LogP contribution is 2.27. The smallest absolute Gasteiger partial charge is 0.127 e. The molecule has 0 bridgehead atoms. The Morgan fingerprint density at radius 1 is 0.811 bits per heavy atom. The number of aromatic nitrogens is 2. The van der Waals surface area contributed by atoms with Crippen molar-refractivity contribution < 1.29 is 9.47 Å². The quantitative estimate of drug-likeness (QED) is 0.154. The molecule has 0 aliphatic rings. The highest BCUT2D eigenvalue weighted by atomic mass is 79.9. The van der Waals surface area contributed by atoms with E-state index < -0.39 is 0 Å². The van der Waals surface area contributed by atoms with Crippen molar-refractivity contribution in [2.75, 3.05) is 26.2 Å². The third kappa shape index (κ3) is 7.46. The number of ether oxygens (including phenoxy) is 2. The summed E-state index contributed by atoms with van der Waals surface area (Å²) in [6, 6.07) is 24.3. The Morgan fingerprint density at radius 2 is 1.43 bits per heavy atom. The van der Waals surface area contributed by atoms with Crippen LogP contribution in [-0.2, 0) is 6.42 Å². The normalized spacial score (nSPS) is 11.2. The van der Waals surface area contributed by atoms with E-state index in [0.717, 1.165) is 90.0 Å². The van der Waals surface area contributed by atoms with Gasteiger partial charge in [0.25, 0.3) is 0 Å². The molecule has 3 aromatic carbocycles. The second-order valence-corrected chi connectivity index (χ2v) is 9.88. The Kier molecular flexibility index (Phi) is 9.80. The van der Waals surface area contributed by atoms with Gasteiger partial charge in [-0.2, -0.15) is 0 Å². The molecule has 6 heteroatoms. The SMILES string of the molecule is CCCc1nc(-c2ccc(OCCCN(CC)CC)cc2)cn1-c1ccc(Oc2ccc(Br)cc2)cc1. The highest BCUT2D eigenvalue weighted by Gasteiger charge is 2.12. The molecule has 0 spiro atoms. The van der Waals surface area contributed by atoms with Crippen molar-refractivity contribution in [1.82, 2.24) is 14.5 Å². The lowest BCUT2D eigenvalue weighted by Crippen LogP contribution is -2.25. The first kappa shape index (κ1) is 27.0. The van der Waals surface area contributed by atoms with E-state index in [4.69, 9.17) is 14.5 Å². The van der Waals surface area contributed by atoms with E-state index in [1.807, 2.05) is 48.5 Å². The molecule has 0 unspecified atom stereocenters. The Hall–Kier alpha value is -3.09. The number of hydrogen-bond acceptors (Lipinski definition) is 4. The second-order valence-electron chi connectivity index (χ2n) is 8.97. The van der Waals surface area contributed by atoms with Gasteiger partial charge in [0.15, 0.2) is 0 Å². The number of imidazole rings is 1. The minimum atomic E-state index is 0.729. The Balaban J connectivity index is 1.43. The Bertz CT molecular complexity index is 1230. The first-order chi connectivity index (χ1) is 18.1. The number of halogens is 1. The van der Waals surface area contributed by atoms with Crippen LogP contribution in [0.25, 0.3) is 16.9 Å². The molecule has 4 aromatic rings. The standard InChI is InChI=1S/C31H36BrN3O2/c1-4-8-31-33-30(24-9-15-27(16-10-24)36-22-7-21-34(5-2)6-3)23-35(31)26-13-19-29(20-14-26)37-28-17-11-25(32)12-18-28/h9-20,23H,4-8,21-22H2,1-3H3. The summed E-state index contributed by atoms with van der Waals surface area (Å²) >= 11 is 3.46. The van der Waals surface area contributed by atoms with Gasteiger partial charge >= 0.3 is 0 Å². The fourth-order valence-corrected chi connectivity index (χ4v) is 4.50. The maximum absolute atomic E-state index is 5.99. The van der Waals surface area contributed by atoms with Gasteiger partial charge in [0, 0.05) is 34.9 Å². The molecule has 0 saturated heterocycles. The summed E-state index contributed by atoms with van der Waals surface area (Å²) in [5.41, 5.74) is 3.12. The monoisotopic (exact) mass is 561 g/mol. The van der Waals surface area contributed by atoms with Crippen LogP contribution in [0.15, 0.2) is 83.5 Å². The van der Waals surface area contributed by atoms with Crippen LogP contribution in [0.2, 0.25) is 0 Å². The molecule has 0 N–H and O–H groups in total. The zero-order valence-corrected chi connectivity index (χ0v) is 23.6. The maximum Gasteiger partial charge on any atom is 0.127 e. The molecule has 5 nitrogen and oxygen atoms in total. The van der Waals surface area contributed by atoms with Crippen molar-refractivity contribution in [3.05, 3.63) is 89.3 Å². The third-order valence-corrected chi connectivity index (χ3v) is 6.88. The molecule has 0 aliphatic carbocycles. The Morgan fingerprint density at radius 3 is 2.05 bits per heavy atom. The van der Waals surface area contributed by atoms with Crippen molar-refractivity contribution in [3.8, 4) is 34.2 Å². The van der Waals surface area contributed by atoms with Gasteiger partial charge < -0.3 is 18.9 Å². The number of nitrogens with zero attached hydrogens (tertiary/aromatic N) is 3. The van der Waals surface area contributed by atoms with Crippen molar-refractivity contribution >= 4 is 15.9 Å². The molecule has 0 fully saturated rings. The second kappa shape index (κ2) is 13.5. The van der Waals surface area contributed by atoms with E-state index >= 15 is 0 Å². The predicted octanol–water partition coefficient (Wildman–Crippen LogP) is 8.16. The summed E-state index contributed by atoms with van der Waals surface area (Å²) in [6.07, 6.45) is 5.09. The predicted molar refractivity (Wildman–Crippen MR) is 155 cm³/mol. The van der Waals surface area contributed by atoms with Crippen LogP contribution in [0.1, 0.15) is 39.4 Å². The maximum atomic E-state index is 5.99. The van der Waals surface area contributed by atoms with Gasteiger partial charge in [-0.15, -0.1) is 0 Å². The molecule has 1 heterocycles. The van der Waals surface area contributed by atoms with Crippen molar-refractivity contribution in [3.63, 3.8) is 0 Å². The molecular weight excluding hydrogens is 526 g/mol. The van der Waals surface area contributed by atoms with Crippen LogP contribution in [0, 0.1) is 0 Å². The first-order valence-electron chi connectivity index (χ1n) is 13.2. The number of aryl methyl sites for hydroxylation is 1. The third-order valence-electron chi connectivity index (χ3n) is 6.35. The summed E-state index contributed by atoms with van der Waals surface area (Å²) in [5.74, 6) is 3.56. The van der Waals surface area contributed by atoms with Crippen molar-refractivity contribution in [2.45, 2.75) is 40.0 Å². The average molecular weight is 563 g/mol. The number of rotatable bonds is 13. The van der Waals surface area contributed by atoms with Crippen LogP contribution >= 0.6 is 15.9 Å². The van der Waals surface area contributed by atoms with Gasteiger partial charge in [0.2, 0.25) is 0 Å². The highest BCUT2D eigenvalue weighted by molar-refractivity contribution is 9.10.